The molecule has 1 atom stereocenters. The van der Waals surface area contributed by atoms with Gasteiger partial charge in [0.25, 0.3) is 5.91 Å². The van der Waals surface area contributed by atoms with Crippen molar-refractivity contribution in [1.29, 1.82) is 0 Å². The van der Waals surface area contributed by atoms with Gasteiger partial charge in [0.1, 0.15) is 0 Å². The number of carbonyl (C=O) groups excluding carboxylic acids is 1. The molecule has 2 aliphatic rings. The average molecular weight is 378 g/mol. The lowest BCUT2D eigenvalue weighted by Gasteiger charge is -2.37. The molecule has 6 heteroatoms. The fraction of sp³-hybridized carbons (Fsp3) is 0.421. The van der Waals surface area contributed by atoms with Gasteiger partial charge < -0.3 is 14.4 Å². The quantitative estimate of drug-likeness (QED) is 0.793. The Kier molecular flexibility index (Phi) is 5.08. The average Bonchev–Trinajstić information content (AvgIpc) is 3.34. The van der Waals surface area contributed by atoms with Crippen LogP contribution >= 0.6 is 22.9 Å². The highest BCUT2D eigenvalue weighted by molar-refractivity contribution is 7.17. The third-order valence-corrected chi connectivity index (χ3v) is 6.09. The van der Waals surface area contributed by atoms with Crippen LogP contribution in [0.4, 0.5) is 0 Å². The van der Waals surface area contributed by atoms with Crippen LogP contribution in [0.1, 0.15) is 28.9 Å². The molecule has 1 unspecified atom stereocenters. The van der Waals surface area contributed by atoms with Gasteiger partial charge in [0, 0.05) is 16.4 Å². The summed E-state index contributed by atoms with van der Waals surface area (Å²) < 4.78 is 11.3. The number of amides is 1. The fourth-order valence-corrected chi connectivity index (χ4v) is 4.55. The number of likely N-dealkylation sites (tertiary alicyclic amines) is 1. The van der Waals surface area contributed by atoms with E-state index in [0.717, 1.165) is 41.1 Å². The maximum atomic E-state index is 13.1. The molecule has 2 aromatic rings. The summed E-state index contributed by atoms with van der Waals surface area (Å²) in [5, 5.41) is 0.712. The molecule has 0 aliphatic carbocycles. The molecule has 0 bridgehead atoms. The van der Waals surface area contributed by atoms with Crippen LogP contribution in [-0.4, -0.2) is 42.9 Å². The minimum atomic E-state index is -0.278. The van der Waals surface area contributed by atoms with Crippen LogP contribution < -0.4 is 0 Å². The summed E-state index contributed by atoms with van der Waals surface area (Å²) in [5.74, 6) is 0.0778. The number of hydrogen-bond acceptors (Lipinski definition) is 4. The Balaban J connectivity index is 1.54. The summed E-state index contributed by atoms with van der Waals surface area (Å²) in [6, 6.07) is 11.6. The van der Waals surface area contributed by atoms with Crippen LogP contribution in [0.15, 0.2) is 36.4 Å². The molecular weight excluding hydrogens is 358 g/mol. The number of ether oxygens (including phenoxy) is 2. The lowest BCUT2D eigenvalue weighted by molar-refractivity contribution is -0.100. The van der Waals surface area contributed by atoms with Crippen LogP contribution in [0.3, 0.4) is 0 Å². The molecule has 0 saturated carbocycles. The molecule has 3 heterocycles. The number of hydrogen-bond donors (Lipinski definition) is 0. The van der Waals surface area contributed by atoms with Gasteiger partial charge in [-0.3, -0.25) is 4.79 Å². The molecule has 25 heavy (non-hydrogen) atoms. The minimum absolute atomic E-state index is 0.0184. The van der Waals surface area contributed by atoms with Crippen LogP contribution in [0.25, 0.3) is 10.4 Å². The van der Waals surface area contributed by atoms with E-state index in [2.05, 4.69) is 0 Å². The monoisotopic (exact) mass is 377 g/mol. The Morgan fingerprint density at radius 2 is 1.84 bits per heavy atom. The standard InChI is InChI=1S/C19H20ClNO3S/c20-14-6-4-13(5-7-14)16-8-9-17(25-16)18(22)21-10-2-1-3-15(21)19-23-11-12-24-19/h4-9,15,19H,1-3,10-12H2. The highest BCUT2D eigenvalue weighted by atomic mass is 35.5. The maximum Gasteiger partial charge on any atom is 0.264 e. The zero-order valence-electron chi connectivity index (χ0n) is 13.8. The fourth-order valence-electron chi connectivity index (χ4n) is 3.45. The van der Waals surface area contributed by atoms with E-state index >= 15 is 0 Å². The number of benzene rings is 1. The minimum Gasteiger partial charge on any atom is -0.348 e. The first-order chi connectivity index (χ1) is 12.2. The van der Waals surface area contributed by atoms with Crippen molar-refractivity contribution in [2.45, 2.75) is 31.6 Å². The number of rotatable bonds is 3. The molecule has 4 rings (SSSR count). The first-order valence-corrected chi connectivity index (χ1v) is 9.82. The first kappa shape index (κ1) is 17.0. The zero-order chi connectivity index (χ0) is 17.2. The van der Waals surface area contributed by atoms with Crippen molar-refractivity contribution >= 4 is 28.8 Å². The Morgan fingerprint density at radius 3 is 2.60 bits per heavy atom. The Morgan fingerprint density at radius 1 is 1.08 bits per heavy atom. The second-order valence-corrected chi connectivity index (χ2v) is 7.86. The Labute approximate surface area is 156 Å². The van der Waals surface area contributed by atoms with Crippen molar-refractivity contribution in [3.63, 3.8) is 0 Å². The zero-order valence-corrected chi connectivity index (χ0v) is 15.4. The van der Waals surface area contributed by atoms with Gasteiger partial charge in [-0.15, -0.1) is 11.3 Å². The van der Waals surface area contributed by atoms with Crippen LogP contribution in [0.2, 0.25) is 5.02 Å². The van der Waals surface area contributed by atoms with E-state index in [9.17, 15) is 4.79 Å². The molecule has 0 N–H and O–H groups in total. The highest BCUT2D eigenvalue weighted by Crippen LogP contribution is 2.32. The SMILES string of the molecule is O=C(c1ccc(-c2ccc(Cl)cc2)s1)N1CCCCC1C1OCCO1. The third-order valence-electron chi connectivity index (χ3n) is 4.72. The number of piperidine rings is 1. The molecule has 132 valence electrons. The Hall–Kier alpha value is -1.40. The van der Waals surface area contributed by atoms with Gasteiger partial charge in [0.2, 0.25) is 0 Å². The molecule has 0 spiro atoms. The number of nitrogens with zero attached hydrogens (tertiary/aromatic N) is 1. The lowest BCUT2D eigenvalue weighted by Crippen LogP contribution is -2.50. The summed E-state index contributed by atoms with van der Waals surface area (Å²) in [6.45, 7) is 1.99. The van der Waals surface area contributed by atoms with Gasteiger partial charge in [-0.2, -0.15) is 0 Å². The summed E-state index contributed by atoms with van der Waals surface area (Å²) in [5.41, 5.74) is 1.08. The van der Waals surface area contributed by atoms with Crippen molar-refractivity contribution in [2.24, 2.45) is 0 Å². The van der Waals surface area contributed by atoms with Crippen molar-refractivity contribution in [2.75, 3.05) is 19.8 Å². The number of carbonyl (C=O) groups is 1. The maximum absolute atomic E-state index is 13.1. The third kappa shape index (κ3) is 3.60. The van der Waals surface area contributed by atoms with Gasteiger partial charge in [-0.1, -0.05) is 23.7 Å². The Bertz CT molecular complexity index is 739. The predicted molar refractivity (Wildman–Crippen MR) is 99.1 cm³/mol. The molecule has 2 aliphatic heterocycles. The van der Waals surface area contributed by atoms with E-state index in [1.54, 1.807) is 0 Å². The number of thiophene rings is 1. The normalized spacial score (nSPS) is 21.6. The summed E-state index contributed by atoms with van der Waals surface area (Å²) >= 11 is 7.48. The summed E-state index contributed by atoms with van der Waals surface area (Å²) in [4.78, 5) is 16.8. The molecule has 2 fully saturated rings. The summed E-state index contributed by atoms with van der Waals surface area (Å²) in [7, 11) is 0. The second-order valence-electron chi connectivity index (χ2n) is 6.34. The first-order valence-electron chi connectivity index (χ1n) is 8.62. The molecule has 1 aromatic heterocycles. The number of halogens is 1. The molecular formula is C19H20ClNO3S. The van der Waals surface area contributed by atoms with Crippen molar-refractivity contribution in [1.82, 2.24) is 4.90 Å². The van der Waals surface area contributed by atoms with Crippen molar-refractivity contribution in [3.8, 4) is 10.4 Å². The molecule has 4 nitrogen and oxygen atoms in total. The topological polar surface area (TPSA) is 38.8 Å². The van der Waals surface area contributed by atoms with Crippen LogP contribution in [0, 0.1) is 0 Å². The van der Waals surface area contributed by atoms with Crippen molar-refractivity contribution < 1.29 is 14.3 Å². The van der Waals surface area contributed by atoms with Crippen LogP contribution in [0.5, 0.6) is 0 Å². The van der Waals surface area contributed by atoms with Gasteiger partial charge in [0.15, 0.2) is 6.29 Å². The van der Waals surface area contributed by atoms with E-state index in [-0.39, 0.29) is 18.2 Å². The van der Waals surface area contributed by atoms with E-state index in [1.807, 2.05) is 41.3 Å². The van der Waals surface area contributed by atoms with Crippen molar-refractivity contribution in [3.05, 3.63) is 46.3 Å². The van der Waals surface area contributed by atoms with E-state index < -0.39 is 0 Å². The van der Waals surface area contributed by atoms with Gasteiger partial charge in [-0.05, 0) is 49.1 Å². The lowest BCUT2D eigenvalue weighted by atomic mass is 10.0. The second kappa shape index (κ2) is 7.46. The van der Waals surface area contributed by atoms with Crippen LogP contribution in [-0.2, 0) is 9.47 Å². The molecule has 0 radical (unpaired) electrons. The highest BCUT2D eigenvalue weighted by Gasteiger charge is 2.36. The molecule has 2 saturated heterocycles. The smallest absolute Gasteiger partial charge is 0.264 e. The van der Waals surface area contributed by atoms with Gasteiger partial charge in [-0.25, -0.2) is 0 Å². The predicted octanol–water partition coefficient (Wildman–Crippen LogP) is 4.44. The molecule has 1 amide bonds. The summed E-state index contributed by atoms with van der Waals surface area (Å²) in [6.07, 6.45) is 2.80. The van der Waals surface area contributed by atoms with E-state index in [0.29, 0.717) is 18.2 Å². The van der Waals surface area contributed by atoms with Gasteiger partial charge in [0.05, 0.1) is 24.1 Å². The van der Waals surface area contributed by atoms with Gasteiger partial charge >= 0.3 is 0 Å². The van der Waals surface area contributed by atoms with E-state index in [4.69, 9.17) is 21.1 Å². The molecule has 1 aromatic carbocycles. The van der Waals surface area contributed by atoms with E-state index in [1.165, 1.54) is 11.3 Å². The largest absolute Gasteiger partial charge is 0.348 e.